The minimum absolute atomic E-state index is 0.0830. The Bertz CT molecular complexity index is 904. The number of carbonyl (C=O) groups is 1. The summed E-state index contributed by atoms with van der Waals surface area (Å²) in [6, 6.07) is 7.67. The van der Waals surface area contributed by atoms with Gasteiger partial charge < -0.3 is 14.6 Å². The Balaban J connectivity index is 1.99. The summed E-state index contributed by atoms with van der Waals surface area (Å²) in [6.45, 7) is -0.281. The summed E-state index contributed by atoms with van der Waals surface area (Å²) in [5.74, 6) is -0.713. The molecule has 27 heavy (non-hydrogen) atoms. The molecule has 1 amide bonds. The lowest BCUT2D eigenvalue weighted by molar-refractivity contribution is -0.386. The molecule has 2 aromatic carbocycles. The van der Waals surface area contributed by atoms with Crippen LogP contribution in [0.4, 0.5) is 5.69 Å². The molecule has 2 aromatic rings. The maximum atomic E-state index is 11.8. The fourth-order valence-electron chi connectivity index (χ4n) is 1.93. The third-order valence-corrected chi connectivity index (χ3v) is 4.26. The Morgan fingerprint density at radius 2 is 2.07 bits per heavy atom. The molecule has 0 aliphatic heterocycles. The molecular weight excluding hydrogens is 490 g/mol. The average molecular weight is 503 g/mol. The van der Waals surface area contributed by atoms with E-state index in [0.717, 1.165) is 10.5 Å². The van der Waals surface area contributed by atoms with Gasteiger partial charge in [0.05, 0.1) is 22.7 Å². The molecule has 11 heteroatoms. The van der Waals surface area contributed by atoms with Crippen molar-refractivity contribution in [3.63, 3.8) is 0 Å². The predicted octanol–water partition coefficient (Wildman–Crippen LogP) is 3.36. The Kier molecular flexibility index (Phi) is 7.13. The first kappa shape index (κ1) is 20.6. The maximum Gasteiger partial charge on any atom is 0.315 e. The summed E-state index contributed by atoms with van der Waals surface area (Å²) in [4.78, 5) is 22.0. The smallest absolute Gasteiger partial charge is 0.315 e. The standard InChI is InChI=1S/C16H13Br2N3O6/c1-26-14-5-9(4-12(16(14)23)21(24)25)7-19-20-15(22)8-27-13-3-2-10(17)6-11(13)18/h2-7,23H,8H2,1H3,(H,20,22)/b19-7+. The molecule has 2 N–H and O–H groups in total. The molecule has 2 rings (SSSR count). The number of amides is 1. The van der Waals surface area contributed by atoms with Crippen molar-refractivity contribution < 1.29 is 24.3 Å². The molecule has 0 saturated carbocycles. The number of benzene rings is 2. The molecule has 0 atom stereocenters. The second-order valence-electron chi connectivity index (χ2n) is 5.00. The van der Waals surface area contributed by atoms with Crippen LogP contribution in [0.3, 0.4) is 0 Å². The van der Waals surface area contributed by atoms with Crippen molar-refractivity contribution in [3.8, 4) is 17.2 Å². The summed E-state index contributed by atoms with van der Waals surface area (Å²) in [6.07, 6.45) is 1.18. The first-order valence-corrected chi connectivity index (χ1v) is 8.85. The van der Waals surface area contributed by atoms with Crippen LogP contribution in [0.5, 0.6) is 17.2 Å². The molecule has 0 saturated heterocycles. The number of nitro groups is 1. The van der Waals surface area contributed by atoms with Gasteiger partial charge in [-0.05, 0) is 40.2 Å². The van der Waals surface area contributed by atoms with Crippen LogP contribution in [0.25, 0.3) is 0 Å². The fraction of sp³-hybridized carbons (Fsp3) is 0.125. The Morgan fingerprint density at radius 3 is 2.70 bits per heavy atom. The van der Waals surface area contributed by atoms with Crippen LogP contribution >= 0.6 is 31.9 Å². The van der Waals surface area contributed by atoms with Crippen molar-refractivity contribution in [2.75, 3.05) is 13.7 Å². The van der Waals surface area contributed by atoms with Crippen LogP contribution in [0.2, 0.25) is 0 Å². The van der Waals surface area contributed by atoms with Crippen molar-refractivity contribution >= 4 is 49.7 Å². The van der Waals surface area contributed by atoms with E-state index in [0.29, 0.717) is 10.2 Å². The van der Waals surface area contributed by atoms with Gasteiger partial charge in [0.25, 0.3) is 5.91 Å². The highest BCUT2D eigenvalue weighted by Crippen LogP contribution is 2.36. The van der Waals surface area contributed by atoms with E-state index in [4.69, 9.17) is 9.47 Å². The van der Waals surface area contributed by atoms with Gasteiger partial charge in [-0.1, -0.05) is 15.9 Å². The van der Waals surface area contributed by atoms with E-state index in [9.17, 15) is 20.0 Å². The number of halogens is 2. The van der Waals surface area contributed by atoms with Gasteiger partial charge in [-0.15, -0.1) is 0 Å². The number of hydrogen-bond donors (Lipinski definition) is 2. The number of rotatable bonds is 7. The second-order valence-corrected chi connectivity index (χ2v) is 6.77. The number of phenolic OH excluding ortho intramolecular Hbond substituents is 1. The summed E-state index contributed by atoms with van der Waals surface area (Å²) in [5, 5.41) is 24.4. The zero-order valence-corrected chi connectivity index (χ0v) is 17.0. The van der Waals surface area contributed by atoms with Crippen LogP contribution in [-0.4, -0.2) is 35.9 Å². The number of phenols is 1. The maximum absolute atomic E-state index is 11.8. The molecule has 0 radical (unpaired) electrons. The van der Waals surface area contributed by atoms with Gasteiger partial charge in [0.15, 0.2) is 12.4 Å². The average Bonchev–Trinajstić information content (AvgIpc) is 2.61. The van der Waals surface area contributed by atoms with Crippen LogP contribution in [0, 0.1) is 10.1 Å². The van der Waals surface area contributed by atoms with E-state index in [1.165, 1.54) is 19.4 Å². The second kappa shape index (κ2) is 9.33. The molecule has 0 bridgehead atoms. The summed E-state index contributed by atoms with van der Waals surface area (Å²) in [5.41, 5.74) is 1.96. The van der Waals surface area contributed by atoms with Crippen molar-refractivity contribution in [1.29, 1.82) is 0 Å². The van der Waals surface area contributed by atoms with Gasteiger partial charge in [-0.3, -0.25) is 14.9 Å². The number of nitrogens with one attached hydrogen (secondary N) is 1. The van der Waals surface area contributed by atoms with E-state index in [1.807, 2.05) is 0 Å². The van der Waals surface area contributed by atoms with Crippen molar-refractivity contribution in [3.05, 3.63) is 55.0 Å². The number of nitro benzene ring substituents is 1. The van der Waals surface area contributed by atoms with Crippen LogP contribution in [-0.2, 0) is 4.79 Å². The van der Waals surface area contributed by atoms with E-state index < -0.39 is 22.3 Å². The van der Waals surface area contributed by atoms with Gasteiger partial charge >= 0.3 is 5.69 Å². The van der Waals surface area contributed by atoms with E-state index in [1.54, 1.807) is 18.2 Å². The largest absolute Gasteiger partial charge is 0.500 e. The van der Waals surface area contributed by atoms with Crippen molar-refractivity contribution in [2.24, 2.45) is 5.10 Å². The molecule has 9 nitrogen and oxygen atoms in total. The Hall–Kier alpha value is -2.66. The molecule has 0 unspecified atom stereocenters. The topological polar surface area (TPSA) is 123 Å². The molecular formula is C16H13Br2N3O6. The summed E-state index contributed by atoms with van der Waals surface area (Å²) in [7, 11) is 1.26. The SMILES string of the molecule is COc1cc(/C=N/NC(=O)COc2ccc(Br)cc2Br)cc([N+](=O)[O-])c1O. The summed E-state index contributed by atoms with van der Waals surface area (Å²) < 4.78 is 11.8. The molecule has 142 valence electrons. The number of ether oxygens (including phenoxy) is 2. The first-order chi connectivity index (χ1) is 12.8. The number of nitrogens with zero attached hydrogens (tertiary/aromatic N) is 2. The number of carbonyl (C=O) groups excluding carboxylic acids is 1. The number of methoxy groups -OCH3 is 1. The quantitative estimate of drug-likeness (QED) is 0.340. The molecule has 0 fully saturated rings. The van der Waals surface area contributed by atoms with E-state index in [-0.39, 0.29) is 17.9 Å². The lowest BCUT2D eigenvalue weighted by Gasteiger charge is -2.07. The normalized spacial score (nSPS) is 10.6. The molecule has 0 heterocycles. The minimum Gasteiger partial charge on any atom is -0.500 e. The molecule has 0 spiro atoms. The van der Waals surface area contributed by atoms with E-state index in [2.05, 4.69) is 42.4 Å². The zero-order chi connectivity index (χ0) is 20.0. The number of aromatic hydroxyl groups is 1. The zero-order valence-electron chi connectivity index (χ0n) is 13.8. The highest BCUT2D eigenvalue weighted by atomic mass is 79.9. The van der Waals surface area contributed by atoms with Gasteiger partial charge in [0, 0.05) is 16.1 Å². The summed E-state index contributed by atoms with van der Waals surface area (Å²) >= 11 is 6.63. The fourth-order valence-corrected chi connectivity index (χ4v) is 3.09. The van der Waals surface area contributed by atoms with Crippen molar-refractivity contribution in [1.82, 2.24) is 5.43 Å². The third kappa shape index (κ3) is 5.66. The highest BCUT2D eigenvalue weighted by molar-refractivity contribution is 9.11. The third-order valence-electron chi connectivity index (χ3n) is 3.15. The van der Waals surface area contributed by atoms with Crippen molar-refractivity contribution in [2.45, 2.75) is 0 Å². The molecule has 0 aliphatic carbocycles. The highest BCUT2D eigenvalue weighted by Gasteiger charge is 2.19. The lowest BCUT2D eigenvalue weighted by atomic mass is 10.2. The molecule has 0 aromatic heterocycles. The number of hydrogen-bond acceptors (Lipinski definition) is 7. The van der Waals surface area contributed by atoms with E-state index >= 15 is 0 Å². The van der Waals surface area contributed by atoms with Gasteiger partial charge in [0.2, 0.25) is 5.75 Å². The van der Waals surface area contributed by atoms with Crippen LogP contribution < -0.4 is 14.9 Å². The van der Waals surface area contributed by atoms with Gasteiger partial charge in [0.1, 0.15) is 5.75 Å². The number of hydrazone groups is 1. The van der Waals surface area contributed by atoms with Gasteiger partial charge in [-0.25, -0.2) is 5.43 Å². The monoisotopic (exact) mass is 501 g/mol. The van der Waals surface area contributed by atoms with Crippen LogP contribution in [0.15, 0.2) is 44.4 Å². The Labute approximate surface area is 170 Å². The Morgan fingerprint density at radius 1 is 1.33 bits per heavy atom. The first-order valence-electron chi connectivity index (χ1n) is 7.27. The lowest BCUT2D eigenvalue weighted by Crippen LogP contribution is -2.24. The van der Waals surface area contributed by atoms with Gasteiger partial charge in [-0.2, -0.15) is 5.10 Å². The molecule has 0 aliphatic rings. The minimum atomic E-state index is -0.752. The van der Waals surface area contributed by atoms with Crippen LogP contribution in [0.1, 0.15) is 5.56 Å². The predicted molar refractivity (Wildman–Crippen MR) is 104 cm³/mol.